The Morgan fingerprint density at radius 3 is 1.73 bits per heavy atom. The third-order valence-electron chi connectivity index (χ3n) is 11.0. The highest BCUT2D eigenvalue weighted by Crippen LogP contribution is 2.33. The molecule has 2 saturated heterocycles. The topological polar surface area (TPSA) is 65.6 Å². The highest BCUT2D eigenvalue weighted by molar-refractivity contribution is 7.21. The lowest BCUT2D eigenvalue weighted by Crippen LogP contribution is -2.47. The van der Waals surface area contributed by atoms with E-state index in [1.807, 2.05) is 53.9 Å². The van der Waals surface area contributed by atoms with E-state index in [0.29, 0.717) is 12.8 Å². The van der Waals surface area contributed by atoms with Crippen LogP contribution in [-0.2, 0) is 0 Å². The Labute approximate surface area is 338 Å². The lowest BCUT2D eigenvalue weighted by molar-refractivity contribution is 0.0957. The third kappa shape index (κ3) is 9.10. The van der Waals surface area contributed by atoms with Gasteiger partial charge in [-0.25, -0.2) is 0 Å². The molecular weight excluding hydrogens is 737 g/mol. The van der Waals surface area contributed by atoms with E-state index in [0.717, 1.165) is 110 Å². The normalized spacial score (nSPS) is 15.1. The van der Waals surface area contributed by atoms with Crippen LogP contribution in [0, 0.1) is 13.8 Å². The molecule has 0 unspecified atom stereocenters. The first-order valence-corrected chi connectivity index (χ1v) is 21.3. The van der Waals surface area contributed by atoms with Crippen molar-refractivity contribution in [3.05, 3.63) is 118 Å². The van der Waals surface area contributed by atoms with Crippen molar-refractivity contribution in [2.24, 2.45) is 0 Å². The molecule has 4 aromatic carbocycles. The molecule has 8 nitrogen and oxygen atoms in total. The maximum Gasteiger partial charge on any atom is 0.174 e. The van der Waals surface area contributed by atoms with Gasteiger partial charge in [0.25, 0.3) is 0 Å². The van der Waals surface area contributed by atoms with Gasteiger partial charge in [-0.15, -0.1) is 22.7 Å². The van der Waals surface area contributed by atoms with E-state index in [-0.39, 0.29) is 11.6 Å². The molecule has 0 N–H and O–H groups in total. The summed E-state index contributed by atoms with van der Waals surface area (Å²) in [6.07, 6.45) is 1.16. The highest BCUT2D eigenvalue weighted by atomic mass is 32.1. The molecule has 292 valence electrons. The van der Waals surface area contributed by atoms with Gasteiger partial charge in [0.1, 0.15) is 11.5 Å². The molecule has 0 atom stereocenters. The fraction of sp³-hybridized carbons (Fsp3) is 0.348. The van der Waals surface area contributed by atoms with Crippen molar-refractivity contribution in [1.29, 1.82) is 0 Å². The molecule has 0 spiro atoms. The van der Waals surface area contributed by atoms with Crippen LogP contribution in [0.4, 0.5) is 11.4 Å². The zero-order valence-electron chi connectivity index (χ0n) is 33.0. The number of piperazine rings is 2. The summed E-state index contributed by atoms with van der Waals surface area (Å²) in [7, 11) is 3.44. The number of nitrogens with zero attached hydrogens (tertiary/aromatic N) is 4. The SMILES string of the molecule is COc1ccccc1N1CCN(CCC(=O)c2csc3ccccc23)CC1.COc1ccccc1N1CCN(CCC(=O)c2sc3ccc(C)cc3c2C)CC1. The van der Waals surface area contributed by atoms with Crippen LogP contribution >= 0.6 is 22.7 Å². The minimum absolute atomic E-state index is 0.250. The average molecular weight is 789 g/mol. The zero-order chi connectivity index (χ0) is 39.0. The van der Waals surface area contributed by atoms with E-state index in [9.17, 15) is 9.59 Å². The summed E-state index contributed by atoms with van der Waals surface area (Å²) >= 11 is 3.29. The predicted octanol–water partition coefficient (Wildman–Crippen LogP) is 9.23. The van der Waals surface area contributed by atoms with Crippen LogP contribution in [-0.4, -0.2) is 101 Å². The molecular formula is C46H52N4O4S2. The minimum atomic E-state index is 0.250. The maximum absolute atomic E-state index is 12.9. The number of ketones is 2. The van der Waals surface area contributed by atoms with Gasteiger partial charge >= 0.3 is 0 Å². The lowest BCUT2D eigenvalue weighted by Gasteiger charge is -2.36. The number of fused-ring (bicyclic) bond motifs is 2. The Balaban J connectivity index is 0.000000172. The van der Waals surface area contributed by atoms with E-state index < -0.39 is 0 Å². The quantitative estimate of drug-likeness (QED) is 0.114. The van der Waals surface area contributed by atoms with E-state index in [4.69, 9.17) is 9.47 Å². The number of para-hydroxylation sites is 4. The van der Waals surface area contributed by atoms with E-state index >= 15 is 0 Å². The number of aryl methyl sites for hydroxylation is 2. The van der Waals surface area contributed by atoms with Crippen molar-refractivity contribution >= 4 is 65.8 Å². The van der Waals surface area contributed by atoms with Gasteiger partial charge in [0.15, 0.2) is 11.6 Å². The van der Waals surface area contributed by atoms with Crippen LogP contribution in [0.15, 0.2) is 96.4 Å². The number of thiophene rings is 2. The first kappa shape index (κ1) is 39.5. The van der Waals surface area contributed by atoms with Gasteiger partial charge in [0, 0.05) is 104 Å². The van der Waals surface area contributed by atoms with Crippen LogP contribution in [0.5, 0.6) is 11.5 Å². The molecule has 0 saturated carbocycles. The van der Waals surface area contributed by atoms with E-state index in [1.165, 1.54) is 20.3 Å². The molecule has 0 radical (unpaired) electrons. The number of methoxy groups -OCH3 is 2. The average Bonchev–Trinajstić information content (AvgIpc) is 3.83. The molecule has 2 aromatic heterocycles. The number of anilines is 2. The summed E-state index contributed by atoms with van der Waals surface area (Å²) in [5, 5.41) is 4.32. The Morgan fingerprint density at radius 2 is 1.14 bits per heavy atom. The molecule has 56 heavy (non-hydrogen) atoms. The highest BCUT2D eigenvalue weighted by Gasteiger charge is 2.23. The smallest absolute Gasteiger partial charge is 0.174 e. The summed E-state index contributed by atoms with van der Waals surface area (Å²) in [5.74, 6) is 2.37. The van der Waals surface area contributed by atoms with Crippen molar-refractivity contribution in [1.82, 2.24) is 9.80 Å². The van der Waals surface area contributed by atoms with Gasteiger partial charge in [-0.1, -0.05) is 60.2 Å². The molecule has 0 aliphatic carbocycles. The number of carbonyl (C=O) groups is 2. The second-order valence-corrected chi connectivity index (χ2v) is 16.5. The second kappa shape index (κ2) is 18.5. The summed E-state index contributed by atoms with van der Waals surface area (Å²) in [4.78, 5) is 36.0. The fourth-order valence-electron chi connectivity index (χ4n) is 7.77. The summed E-state index contributed by atoms with van der Waals surface area (Å²) in [6.45, 7) is 13.5. The van der Waals surface area contributed by atoms with Gasteiger partial charge < -0.3 is 19.3 Å². The number of carbonyl (C=O) groups excluding carboxylic acids is 2. The van der Waals surface area contributed by atoms with Crippen LogP contribution in [0.1, 0.15) is 44.0 Å². The molecule has 10 heteroatoms. The molecule has 0 amide bonds. The lowest BCUT2D eigenvalue weighted by atomic mass is 10.1. The Hall–Kier alpha value is -4.74. The van der Waals surface area contributed by atoms with E-state index in [2.05, 4.69) is 75.9 Å². The Kier molecular flexibility index (Phi) is 13.0. The zero-order valence-corrected chi connectivity index (χ0v) is 34.6. The standard InChI is InChI=1S/C24H28N2O2S.C22H24N2O2S/c1-17-8-9-23-19(16-17)18(2)24(29-23)21(27)10-11-25-12-14-26(15-13-25)20-6-4-5-7-22(20)28-3;1-26-21-8-4-3-7-19(21)24-14-12-23(13-15-24)11-10-20(25)18-16-27-22-9-5-2-6-17(18)22/h4-9,16H,10-15H2,1-3H3;2-9,16H,10-15H2,1H3. The van der Waals surface area contributed by atoms with E-state index in [1.54, 1.807) is 36.9 Å². The van der Waals surface area contributed by atoms with Crippen molar-refractivity contribution in [3.8, 4) is 11.5 Å². The van der Waals surface area contributed by atoms with Gasteiger partial charge in [0.2, 0.25) is 0 Å². The number of hydrogen-bond donors (Lipinski definition) is 0. The van der Waals surface area contributed by atoms with Crippen molar-refractivity contribution in [2.75, 3.05) is 89.5 Å². The molecule has 4 heterocycles. The van der Waals surface area contributed by atoms with Crippen LogP contribution in [0.2, 0.25) is 0 Å². The number of benzene rings is 4. The second-order valence-electron chi connectivity index (χ2n) is 14.5. The first-order valence-electron chi connectivity index (χ1n) is 19.6. The van der Waals surface area contributed by atoms with Gasteiger partial charge in [-0.3, -0.25) is 19.4 Å². The predicted molar refractivity (Wildman–Crippen MR) is 234 cm³/mol. The monoisotopic (exact) mass is 788 g/mol. The Bertz CT molecular complexity index is 2270. The molecule has 8 rings (SSSR count). The first-order chi connectivity index (χ1) is 27.3. The van der Waals surface area contributed by atoms with Gasteiger partial charge in [0.05, 0.1) is 30.5 Å². The number of hydrogen-bond acceptors (Lipinski definition) is 10. The summed E-state index contributed by atoms with van der Waals surface area (Å²) in [5.41, 5.74) is 5.57. The molecule has 2 aliphatic heterocycles. The van der Waals surface area contributed by atoms with Crippen LogP contribution in [0.3, 0.4) is 0 Å². The molecule has 0 bridgehead atoms. The largest absolute Gasteiger partial charge is 0.495 e. The van der Waals surface area contributed by atoms with Gasteiger partial charge in [-0.05, 0) is 61.2 Å². The van der Waals surface area contributed by atoms with Gasteiger partial charge in [-0.2, -0.15) is 0 Å². The number of rotatable bonds is 12. The van der Waals surface area contributed by atoms with Crippen LogP contribution < -0.4 is 19.3 Å². The van der Waals surface area contributed by atoms with Crippen LogP contribution in [0.25, 0.3) is 20.2 Å². The summed E-state index contributed by atoms with van der Waals surface area (Å²) < 4.78 is 13.4. The maximum atomic E-state index is 12.9. The third-order valence-corrected chi connectivity index (χ3v) is 13.3. The van der Waals surface area contributed by atoms with Crippen molar-refractivity contribution in [3.63, 3.8) is 0 Å². The molecule has 2 aliphatic rings. The van der Waals surface area contributed by atoms with Crippen molar-refractivity contribution in [2.45, 2.75) is 26.7 Å². The molecule has 6 aromatic rings. The fourth-order valence-corrected chi connectivity index (χ4v) is 9.89. The Morgan fingerprint density at radius 1 is 0.607 bits per heavy atom. The van der Waals surface area contributed by atoms with Crippen molar-refractivity contribution < 1.29 is 19.1 Å². The number of Topliss-reactive ketones (excluding diaryl/α,β-unsaturated/α-hetero) is 2. The summed E-state index contributed by atoms with van der Waals surface area (Å²) in [6, 6.07) is 30.9. The molecule has 2 fully saturated rings. The minimum Gasteiger partial charge on any atom is -0.495 e. The number of ether oxygens (including phenoxy) is 2.